The second kappa shape index (κ2) is 9.44. The molecule has 4 rings (SSSR count). The van der Waals surface area contributed by atoms with Gasteiger partial charge in [-0.05, 0) is 13.0 Å². The van der Waals surface area contributed by atoms with Gasteiger partial charge in [0.05, 0.1) is 30.7 Å². The van der Waals surface area contributed by atoms with Gasteiger partial charge in [-0.25, -0.2) is 10.1 Å². The first-order valence-electron chi connectivity index (χ1n) is 10.7. The van der Waals surface area contributed by atoms with Crippen LogP contribution in [0.5, 0.6) is 5.88 Å². The molecule has 2 aromatic heterocycles. The number of hydrogen-bond acceptors (Lipinski definition) is 7. The van der Waals surface area contributed by atoms with Crippen LogP contribution in [0.4, 0.5) is 0 Å². The van der Waals surface area contributed by atoms with E-state index in [0.717, 1.165) is 11.5 Å². The number of fused-ring (bicyclic) bond motifs is 1. The van der Waals surface area contributed by atoms with Crippen LogP contribution in [0, 0.1) is 6.92 Å². The lowest BCUT2D eigenvalue weighted by atomic mass is 10.1. The Balaban J connectivity index is 1.40. The number of hydrogen-bond donors (Lipinski definition) is 1. The van der Waals surface area contributed by atoms with Gasteiger partial charge in [0.2, 0.25) is 11.8 Å². The Morgan fingerprint density at radius 2 is 2.06 bits per heavy atom. The highest BCUT2D eigenvalue weighted by Gasteiger charge is 2.26. The smallest absolute Gasteiger partial charge is 0.272 e. The monoisotopic (exact) mass is 437 g/mol. The lowest BCUT2D eigenvalue weighted by molar-refractivity contribution is -0.139. The summed E-state index contributed by atoms with van der Waals surface area (Å²) in [7, 11) is 0. The highest BCUT2D eigenvalue weighted by atomic mass is 16.5. The standard InChI is InChI=1S/C23H27N5O4/c1-14(2)22-24-15(3)10-20(25-22)32-13-16-12-28(8-9-31-16)21(29)11-19-17-6-4-5-7-18(17)23(30)27-26-19/h4-7,10,14,16H,8-9,11-13H2,1-3H3,(H,27,30). The van der Waals surface area contributed by atoms with Crippen LogP contribution in [-0.4, -0.2) is 63.4 Å². The first kappa shape index (κ1) is 21.9. The number of aromatic amines is 1. The predicted octanol–water partition coefficient (Wildman–Crippen LogP) is 1.99. The van der Waals surface area contributed by atoms with Gasteiger partial charge in [-0.15, -0.1) is 0 Å². The first-order chi connectivity index (χ1) is 15.4. The molecule has 1 fully saturated rings. The van der Waals surface area contributed by atoms with Crippen LogP contribution >= 0.6 is 0 Å². The van der Waals surface area contributed by atoms with Crippen LogP contribution in [-0.2, 0) is 16.0 Å². The van der Waals surface area contributed by atoms with E-state index in [-0.39, 0.29) is 36.5 Å². The second-order valence-corrected chi connectivity index (χ2v) is 8.23. The minimum Gasteiger partial charge on any atom is -0.475 e. The molecule has 9 nitrogen and oxygen atoms in total. The summed E-state index contributed by atoms with van der Waals surface area (Å²) in [4.78, 5) is 35.6. The Labute approximate surface area is 185 Å². The number of H-pyrrole nitrogens is 1. The van der Waals surface area contributed by atoms with E-state index in [1.54, 1.807) is 23.1 Å². The van der Waals surface area contributed by atoms with Crippen molar-refractivity contribution in [3.63, 3.8) is 0 Å². The van der Waals surface area contributed by atoms with Gasteiger partial charge in [0.15, 0.2) is 0 Å². The summed E-state index contributed by atoms with van der Waals surface area (Å²) < 4.78 is 11.7. The third kappa shape index (κ3) is 4.94. The third-order valence-corrected chi connectivity index (χ3v) is 5.37. The SMILES string of the molecule is Cc1cc(OCC2CN(C(=O)Cc3n[nH]c(=O)c4ccccc34)CCO2)nc(C(C)C)n1. The molecule has 3 aromatic rings. The number of nitrogens with one attached hydrogen (secondary N) is 1. The van der Waals surface area contributed by atoms with Crippen molar-refractivity contribution in [3.8, 4) is 5.88 Å². The molecular weight excluding hydrogens is 410 g/mol. The summed E-state index contributed by atoms with van der Waals surface area (Å²) >= 11 is 0. The maximum Gasteiger partial charge on any atom is 0.272 e. The van der Waals surface area contributed by atoms with Gasteiger partial charge in [0.25, 0.3) is 5.56 Å². The molecule has 1 aromatic carbocycles. The summed E-state index contributed by atoms with van der Waals surface area (Å²) in [5, 5.41) is 7.81. The van der Waals surface area contributed by atoms with Crippen molar-refractivity contribution in [1.82, 2.24) is 25.1 Å². The summed E-state index contributed by atoms with van der Waals surface area (Å²) in [6, 6.07) is 8.96. The number of amides is 1. The quantitative estimate of drug-likeness (QED) is 0.628. The number of ether oxygens (including phenoxy) is 2. The summed E-state index contributed by atoms with van der Waals surface area (Å²) in [5.41, 5.74) is 1.14. The van der Waals surface area contributed by atoms with E-state index in [9.17, 15) is 9.59 Å². The molecule has 1 atom stereocenters. The number of aromatic nitrogens is 4. The predicted molar refractivity (Wildman–Crippen MR) is 119 cm³/mol. The van der Waals surface area contributed by atoms with E-state index in [2.05, 4.69) is 20.2 Å². The van der Waals surface area contributed by atoms with Gasteiger partial charge in [0.1, 0.15) is 18.5 Å². The minimum absolute atomic E-state index is 0.0667. The topological polar surface area (TPSA) is 110 Å². The van der Waals surface area contributed by atoms with Gasteiger partial charge in [-0.2, -0.15) is 10.1 Å². The third-order valence-electron chi connectivity index (χ3n) is 5.37. The molecule has 32 heavy (non-hydrogen) atoms. The molecule has 1 aliphatic heterocycles. The van der Waals surface area contributed by atoms with Gasteiger partial charge in [-0.1, -0.05) is 32.0 Å². The van der Waals surface area contributed by atoms with Crippen molar-refractivity contribution in [3.05, 3.63) is 57.9 Å². The Bertz CT molecular complexity index is 1180. The zero-order chi connectivity index (χ0) is 22.7. The molecule has 0 aliphatic carbocycles. The molecule has 1 N–H and O–H groups in total. The molecule has 0 bridgehead atoms. The van der Waals surface area contributed by atoms with E-state index >= 15 is 0 Å². The fourth-order valence-electron chi connectivity index (χ4n) is 3.68. The van der Waals surface area contributed by atoms with Crippen molar-refractivity contribution in [2.24, 2.45) is 0 Å². The molecule has 0 saturated carbocycles. The molecule has 1 unspecified atom stereocenters. The molecule has 1 aliphatic rings. The van der Waals surface area contributed by atoms with E-state index in [0.29, 0.717) is 42.0 Å². The number of carbonyl (C=O) groups excluding carboxylic acids is 1. The summed E-state index contributed by atoms with van der Waals surface area (Å²) in [6.45, 7) is 7.62. The molecule has 1 amide bonds. The minimum atomic E-state index is -0.263. The number of rotatable bonds is 6. The molecule has 0 spiro atoms. The van der Waals surface area contributed by atoms with Crippen molar-refractivity contribution in [2.45, 2.75) is 39.2 Å². The number of nitrogens with zero attached hydrogens (tertiary/aromatic N) is 4. The zero-order valence-corrected chi connectivity index (χ0v) is 18.5. The van der Waals surface area contributed by atoms with Crippen LogP contribution in [0.2, 0.25) is 0 Å². The molecule has 168 valence electrons. The maximum atomic E-state index is 13.0. The Kier molecular flexibility index (Phi) is 6.45. The first-order valence-corrected chi connectivity index (χ1v) is 10.7. The van der Waals surface area contributed by atoms with Crippen molar-refractivity contribution in [1.29, 1.82) is 0 Å². The number of morpholine rings is 1. The van der Waals surface area contributed by atoms with Gasteiger partial charge in [-0.3, -0.25) is 9.59 Å². The molecule has 3 heterocycles. The van der Waals surface area contributed by atoms with Crippen LogP contribution in [0.25, 0.3) is 10.8 Å². The van der Waals surface area contributed by atoms with Crippen molar-refractivity contribution >= 4 is 16.7 Å². The largest absolute Gasteiger partial charge is 0.475 e. The highest BCUT2D eigenvalue weighted by molar-refractivity contribution is 5.88. The van der Waals surface area contributed by atoms with E-state index in [4.69, 9.17) is 9.47 Å². The highest BCUT2D eigenvalue weighted by Crippen LogP contribution is 2.17. The van der Waals surface area contributed by atoms with Crippen molar-refractivity contribution in [2.75, 3.05) is 26.3 Å². The lowest BCUT2D eigenvalue weighted by Crippen LogP contribution is -2.48. The number of benzene rings is 1. The van der Waals surface area contributed by atoms with Gasteiger partial charge in [0, 0.05) is 29.6 Å². The van der Waals surface area contributed by atoms with E-state index in [1.807, 2.05) is 32.9 Å². The van der Waals surface area contributed by atoms with E-state index in [1.165, 1.54) is 0 Å². The fourth-order valence-corrected chi connectivity index (χ4v) is 3.68. The van der Waals surface area contributed by atoms with Gasteiger partial charge >= 0.3 is 0 Å². The number of carbonyl (C=O) groups is 1. The maximum absolute atomic E-state index is 13.0. The number of aryl methyl sites for hydroxylation is 1. The molecule has 1 saturated heterocycles. The van der Waals surface area contributed by atoms with Crippen LogP contribution in [0.1, 0.15) is 37.0 Å². The Morgan fingerprint density at radius 1 is 1.28 bits per heavy atom. The zero-order valence-electron chi connectivity index (χ0n) is 18.5. The average Bonchev–Trinajstić information content (AvgIpc) is 2.79. The van der Waals surface area contributed by atoms with Crippen LogP contribution < -0.4 is 10.3 Å². The van der Waals surface area contributed by atoms with Gasteiger partial charge < -0.3 is 14.4 Å². The fraction of sp³-hybridized carbons (Fsp3) is 0.435. The molecule has 9 heteroatoms. The Morgan fingerprint density at radius 3 is 2.84 bits per heavy atom. The lowest BCUT2D eigenvalue weighted by Gasteiger charge is -2.32. The van der Waals surface area contributed by atoms with E-state index < -0.39 is 0 Å². The Hall–Kier alpha value is -3.33. The average molecular weight is 438 g/mol. The summed E-state index contributed by atoms with van der Waals surface area (Å²) in [5.74, 6) is 1.39. The normalized spacial score (nSPS) is 16.5. The van der Waals surface area contributed by atoms with Crippen LogP contribution in [0.15, 0.2) is 35.1 Å². The molecular formula is C23H27N5O4. The molecule has 0 radical (unpaired) electrons. The summed E-state index contributed by atoms with van der Waals surface area (Å²) in [6.07, 6.45) is -0.154. The van der Waals surface area contributed by atoms with Crippen LogP contribution in [0.3, 0.4) is 0 Å². The van der Waals surface area contributed by atoms with Crippen molar-refractivity contribution < 1.29 is 14.3 Å². The second-order valence-electron chi connectivity index (χ2n) is 8.23.